The Balaban J connectivity index is 1.93. The maximum Gasteiger partial charge on any atom is 0.126 e. The standard InChI is InChI=1S/C14H15FN2/c1-11-12(6-5-9-14(11)15)10-16-17-13-7-3-2-4-8-13/h2-9,16-17H,10H2,1H3. The van der Waals surface area contributed by atoms with Crippen LogP contribution in [-0.2, 0) is 6.54 Å². The summed E-state index contributed by atoms with van der Waals surface area (Å²) < 4.78 is 13.3. The predicted octanol–water partition coefficient (Wildman–Crippen LogP) is 3.25. The fraction of sp³-hybridized carbons (Fsp3) is 0.143. The molecule has 0 saturated heterocycles. The average Bonchev–Trinajstić information content (AvgIpc) is 2.36. The number of para-hydroxylation sites is 1. The van der Waals surface area contributed by atoms with Crippen LogP contribution in [0.4, 0.5) is 10.1 Å². The van der Waals surface area contributed by atoms with Crippen LogP contribution in [0.25, 0.3) is 0 Å². The van der Waals surface area contributed by atoms with Crippen molar-refractivity contribution in [2.45, 2.75) is 13.5 Å². The van der Waals surface area contributed by atoms with Gasteiger partial charge >= 0.3 is 0 Å². The summed E-state index contributed by atoms with van der Waals surface area (Å²) in [5.41, 5.74) is 8.77. The Morgan fingerprint density at radius 3 is 2.53 bits per heavy atom. The van der Waals surface area contributed by atoms with Crippen molar-refractivity contribution >= 4 is 5.69 Å². The number of hydrogen-bond acceptors (Lipinski definition) is 2. The van der Waals surface area contributed by atoms with Crippen molar-refractivity contribution in [3.05, 3.63) is 65.5 Å². The van der Waals surface area contributed by atoms with E-state index in [1.165, 1.54) is 6.07 Å². The second kappa shape index (κ2) is 5.46. The molecular formula is C14H15FN2. The van der Waals surface area contributed by atoms with Gasteiger partial charge in [-0.25, -0.2) is 9.82 Å². The third-order valence-corrected chi connectivity index (χ3v) is 2.67. The molecule has 0 fully saturated rings. The Hall–Kier alpha value is -1.87. The van der Waals surface area contributed by atoms with Crippen LogP contribution in [-0.4, -0.2) is 0 Å². The van der Waals surface area contributed by atoms with E-state index in [9.17, 15) is 4.39 Å². The molecule has 2 N–H and O–H groups in total. The van der Waals surface area contributed by atoms with Crippen molar-refractivity contribution in [1.29, 1.82) is 0 Å². The lowest BCUT2D eigenvalue weighted by Gasteiger charge is -2.10. The van der Waals surface area contributed by atoms with Crippen LogP contribution in [0.15, 0.2) is 48.5 Å². The van der Waals surface area contributed by atoms with Crippen molar-refractivity contribution in [3.8, 4) is 0 Å². The number of nitrogens with one attached hydrogen (secondary N) is 2. The van der Waals surface area contributed by atoms with Gasteiger partial charge in [0.2, 0.25) is 0 Å². The molecule has 0 amide bonds. The summed E-state index contributed by atoms with van der Waals surface area (Å²) in [5, 5.41) is 0. The third-order valence-electron chi connectivity index (χ3n) is 2.67. The summed E-state index contributed by atoms with van der Waals surface area (Å²) in [6.45, 7) is 2.37. The van der Waals surface area contributed by atoms with E-state index in [0.717, 1.165) is 11.3 Å². The summed E-state index contributed by atoms with van der Waals surface area (Å²) in [6.07, 6.45) is 0. The highest BCUT2D eigenvalue weighted by molar-refractivity contribution is 5.41. The van der Waals surface area contributed by atoms with Crippen molar-refractivity contribution in [2.75, 3.05) is 5.43 Å². The minimum Gasteiger partial charge on any atom is -0.321 e. The Kier molecular flexibility index (Phi) is 3.73. The van der Waals surface area contributed by atoms with Crippen molar-refractivity contribution in [1.82, 2.24) is 5.43 Å². The van der Waals surface area contributed by atoms with E-state index in [2.05, 4.69) is 10.9 Å². The molecule has 0 aliphatic carbocycles. The van der Waals surface area contributed by atoms with Gasteiger partial charge in [0.1, 0.15) is 5.82 Å². The fourth-order valence-corrected chi connectivity index (χ4v) is 1.61. The highest BCUT2D eigenvalue weighted by Crippen LogP contribution is 2.11. The molecule has 2 nitrogen and oxygen atoms in total. The normalized spacial score (nSPS) is 10.2. The maximum absolute atomic E-state index is 13.3. The third kappa shape index (κ3) is 3.04. The molecule has 3 heteroatoms. The van der Waals surface area contributed by atoms with E-state index in [0.29, 0.717) is 12.1 Å². The number of anilines is 1. The fourth-order valence-electron chi connectivity index (χ4n) is 1.61. The number of hydrazine groups is 1. The zero-order chi connectivity index (χ0) is 12.1. The molecule has 17 heavy (non-hydrogen) atoms. The Bertz CT molecular complexity index is 483. The molecule has 88 valence electrons. The van der Waals surface area contributed by atoms with Crippen LogP contribution in [0.5, 0.6) is 0 Å². The van der Waals surface area contributed by atoms with Gasteiger partial charge in [-0.15, -0.1) is 0 Å². The summed E-state index contributed by atoms with van der Waals surface area (Å²) >= 11 is 0. The molecule has 0 unspecified atom stereocenters. The van der Waals surface area contributed by atoms with E-state index in [1.54, 1.807) is 13.0 Å². The number of halogens is 1. The van der Waals surface area contributed by atoms with Gasteiger partial charge < -0.3 is 5.43 Å². The maximum atomic E-state index is 13.3. The van der Waals surface area contributed by atoms with Crippen molar-refractivity contribution in [3.63, 3.8) is 0 Å². The predicted molar refractivity (Wildman–Crippen MR) is 68.0 cm³/mol. The molecule has 0 spiro atoms. The van der Waals surface area contributed by atoms with Gasteiger partial charge in [0.05, 0.1) is 0 Å². The van der Waals surface area contributed by atoms with Crippen LogP contribution in [0, 0.1) is 12.7 Å². The summed E-state index contributed by atoms with van der Waals surface area (Å²) in [7, 11) is 0. The molecule has 2 rings (SSSR count). The molecule has 0 radical (unpaired) electrons. The molecule has 0 aliphatic heterocycles. The van der Waals surface area contributed by atoms with E-state index in [1.807, 2.05) is 36.4 Å². The minimum atomic E-state index is -0.163. The SMILES string of the molecule is Cc1c(F)cccc1CNNc1ccccc1. The molecule has 0 aliphatic rings. The smallest absolute Gasteiger partial charge is 0.126 e. The van der Waals surface area contributed by atoms with Crippen LogP contribution in [0.3, 0.4) is 0 Å². The zero-order valence-electron chi connectivity index (χ0n) is 9.70. The highest BCUT2D eigenvalue weighted by Gasteiger charge is 2.02. The first-order chi connectivity index (χ1) is 8.27. The lowest BCUT2D eigenvalue weighted by atomic mass is 10.1. The number of hydrogen-bond donors (Lipinski definition) is 2. The molecule has 0 bridgehead atoms. The molecule has 0 heterocycles. The lowest BCUT2D eigenvalue weighted by Crippen LogP contribution is -2.21. The molecule has 0 atom stereocenters. The van der Waals surface area contributed by atoms with Gasteiger partial charge in [0.25, 0.3) is 0 Å². The largest absolute Gasteiger partial charge is 0.321 e. The van der Waals surface area contributed by atoms with Gasteiger partial charge in [0, 0.05) is 12.2 Å². The van der Waals surface area contributed by atoms with E-state index >= 15 is 0 Å². The zero-order valence-corrected chi connectivity index (χ0v) is 9.70. The monoisotopic (exact) mass is 230 g/mol. The number of benzene rings is 2. The second-order valence-electron chi connectivity index (χ2n) is 3.87. The van der Waals surface area contributed by atoms with Gasteiger partial charge in [0.15, 0.2) is 0 Å². The number of rotatable bonds is 4. The van der Waals surface area contributed by atoms with E-state index in [4.69, 9.17) is 0 Å². The van der Waals surface area contributed by atoms with Gasteiger partial charge in [-0.3, -0.25) is 0 Å². The van der Waals surface area contributed by atoms with Gasteiger partial charge in [-0.2, -0.15) is 0 Å². The Morgan fingerprint density at radius 2 is 1.76 bits per heavy atom. The van der Waals surface area contributed by atoms with Crippen LogP contribution >= 0.6 is 0 Å². The molecule has 2 aromatic carbocycles. The lowest BCUT2D eigenvalue weighted by molar-refractivity contribution is 0.613. The first kappa shape index (κ1) is 11.6. The highest BCUT2D eigenvalue weighted by atomic mass is 19.1. The van der Waals surface area contributed by atoms with Crippen LogP contribution in [0.1, 0.15) is 11.1 Å². The molecule has 0 saturated carbocycles. The topological polar surface area (TPSA) is 24.1 Å². The molecular weight excluding hydrogens is 215 g/mol. The van der Waals surface area contributed by atoms with E-state index < -0.39 is 0 Å². The van der Waals surface area contributed by atoms with E-state index in [-0.39, 0.29) is 5.82 Å². The molecule has 0 aromatic heterocycles. The minimum absolute atomic E-state index is 0.163. The van der Waals surface area contributed by atoms with Crippen molar-refractivity contribution < 1.29 is 4.39 Å². The molecule has 2 aromatic rings. The summed E-state index contributed by atoms with van der Waals surface area (Å²) in [6, 6.07) is 14.9. The first-order valence-electron chi connectivity index (χ1n) is 5.55. The Labute approximate surface area is 100 Å². The Morgan fingerprint density at radius 1 is 1.00 bits per heavy atom. The summed E-state index contributed by atoms with van der Waals surface area (Å²) in [4.78, 5) is 0. The van der Waals surface area contributed by atoms with Crippen LogP contribution < -0.4 is 10.9 Å². The van der Waals surface area contributed by atoms with Crippen LogP contribution in [0.2, 0.25) is 0 Å². The van der Waals surface area contributed by atoms with Gasteiger partial charge in [-0.1, -0.05) is 30.3 Å². The van der Waals surface area contributed by atoms with Gasteiger partial charge in [-0.05, 0) is 36.2 Å². The quantitative estimate of drug-likeness (QED) is 0.788. The summed E-state index contributed by atoms with van der Waals surface area (Å²) in [5.74, 6) is -0.163. The first-order valence-corrected chi connectivity index (χ1v) is 5.55. The second-order valence-corrected chi connectivity index (χ2v) is 3.87. The van der Waals surface area contributed by atoms with Crippen molar-refractivity contribution in [2.24, 2.45) is 0 Å². The average molecular weight is 230 g/mol.